The number of hydrogen-bond donors (Lipinski definition) is 2. The van der Waals surface area contributed by atoms with Crippen molar-refractivity contribution in [3.8, 4) is 0 Å². The lowest BCUT2D eigenvalue weighted by Gasteiger charge is -2.32. The monoisotopic (exact) mass is 443 g/mol. The van der Waals surface area contributed by atoms with Gasteiger partial charge in [-0.05, 0) is 68.7 Å². The maximum atomic E-state index is 12.8. The van der Waals surface area contributed by atoms with E-state index in [1.165, 1.54) is 11.3 Å². The summed E-state index contributed by atoms with van der Waals surface area (Å²) in [6.07, 6.45) is 7.94. The van der Waals surface area contributed by atoms with Gasteiger partial charge in [0.05, 0.1) is 6.04 Å². The van der Waals surface area contributed by atoms with Crippen molar-refractivity contribution in [3.63, 3.8) is 0 Å². The highest BCUT2D eigenvalue weighted by atomic mass is 32.1. The predicted molar refractivity (Wildman–Crippen MR) is 127 cm³/mol. The van der Waals surface area contributed by atoms with Crippen LogP contribution in [0.5, 0.6) is 0 Å². The lowest BCUT2D eigenvalue weighted by molar-refractivity contribution is -0.127. The van der Waals surface area contributed by atoms with Crippen molar-refractivity contribution in [2.45, 2.75) is 64.3 Å². The number of thiophene rings is 1. The van der Waals surface area contributed by atoms with Crippen LogP contribution in [0.2, 0.25) is 0 Å². The molecule has 6 nitrogen and oxygen atoms in total. The van der Waals surface area contributed by atoms with E-state index in [1.54, 1.807) is 11.3 Å². The Morgan fingerprint density at radius 2 is 1.87 bits per heavy atom. The van der Waals surface area contributed by atoms with Crippen molar-refractivity contribution >= 4 is 28.6 Å². The molecule has 1 aromatic carbocycles. The minimum atomic E-state index is -0.368. The van der Waals surface area contributed by atoms with E-state index < -0.39 is 0 Å². The highest BCUT2D eigenvalue weighted by Crippen LogP contribution is 2.31. The fourth-order valence-electron chi connectivity index (χ4n) is 4.99. The first-order chi connectivity index (χ1) is 15.1. The fraction of sp³-hybridized carbons (Fsp3) is 0.625. The first kappa shape index (κ1) is 22.1. The first-order valence-electron chi connectivity index (χ1n) is 11.7. The van der Waals surface area contributed by atoms with Crippen molar-refractivity contribution in [3.05, 3.63) is 42.8 Å². The molecule has 1 saturated heterocycles. The van der Waals surface area contributed by atoms with Crippen molar-refractivity contribution in [1.82, 2.24) is 5.32 Å². The average molecular weight is 444 g/mol. The Morgan fingerprint density at radius 3 is 2.52 bits per heavy atom. The summed E-state index contributed by atoms with van der Waals surface area (Å²) in [5.74, 6) is 0.670. The van der Waals surface area contributed by atoms with Crippen molar-refractivity contribution in [2.75, 3.05) is 29.9 Å². The Hall–Kier alpha value is -2.15. The molecule has 31 heavy (non-hydrogen) atoms. The molecular weight excluding hydrogens is 410 g/mol. The number of nitrogens with one attached hydrogen (secondary N) is 2. The summed E-state index contributed by atoms with van der Waals surface area (Å²) in [5.41, 5.74) is 0.430. The third-order valence-corrected chi connectivity index (χ3v) is 7.94. The molecular formula is C24H33N3O3S. The van der Waals surface area contributed by atoms with Crippen LogP contribution in [-0.2, 0) is 4.79 Å². The van der Waals surface area contributed by atoms with Gasteiger partial charge < -0.3 is 15.5 Å². The minimum Gasteiger partial charge on any atom is -0.380 e. The van der Waals surface area contributed by atoms with Crippen LogP contribution >= 0.6 is 11.3 Å². The summed E-state index contributed by atoms with van der Waals surface area (Å²) in [7, 11) is 0. The molecule has 7 heteroatoms. The topological polar surface area (TPSA) is 78.5 Å². The van der Waals surface area contributed by atoms with Gasteiger partial charge in [-0.2, -0.15) is 0 Å². The Morgan fingerprint density at radius 1 is 1.13 bits per heavy atom. The quantitative estimate of drug-likeness (QED) is 0.607. The number of amides is 1. The molecule has 1 aliphatic heterocycles. The summed E-state index contributed by atoms with van der Waals surface area (Å²) in [5, 5.41) is 8.57. The standard InChI is InChI=1S/C24H33N3O3S/c1-2-18(19-7-6-14-31-19)26-24(30)17-10-8-16(9-11-17)15-25-20-21(23(29)22(20)28)27-12-4-3-5-13-27/h6-7,14,16-18,25H,2-5,8-13,15H2,1H3,(H,26,30)/t16?,17?,18-/m0/s1. The highest BCUT2D eigenvalue weighted by molar-refractivity contribution is 7.10. The first-order valence-corrected chi connectivity index (χ1v) is 12.6. The predicted octanol–water partition coefficient (Wildman–Crippen LogP) is 3.82. The molecule has 0 spiro atoms. The lowest BCUT2D eigenvalue weighted by Crippen LogP contribution is -2.45. The molecule has 0 bridgehead atoms. The molecule has 1 amide bonds. The number of hydrogen-bond acceptors (Lipinski definition) is 6. The molecule has 2 fully saturated rings. The van der Waals surface area contributed by atoms with E-state index in [0.717, 1.165) is 58.0 Å². The number of anilines is 2. The van der Waals surface area contributed by atoms with Crippen LogP contribution in [0, 0.1) is 11.8 Å². The number of piperidine rings is 1. The van der Waals surface area contributed by atoms with Gasteiger partial charge in [0, 0.05) is 30.4 Å². The summed E-state index contributed by atoms with van der Waals surface area (Å²) in [4.78, 5) is 40.3. The highest BCUT2D eigenvalue weighted by Gasteiger charge is 2.30. The van der Waals surface area contributed by atoms with E-state index in [1.807, 2.05) is 6.07 Å². The zero-order valence-corrected chi connectivity index (χ0v) is 19.1. The van der Waals surface area contributed by atoms with Crippen molar-refractivity contribution in [1.29, 1.82) is 0 Å². The third kappa shape index (κ3) is 4.86. The van der Waals surface area contributed by atoms with Crippen molar-refractivity contribution in [2.24, 2.45) is 11.8 Å². The van der Waals surface area contributed by atoms with Crippen LogP contribution in [-0.4, -0.2) is 25.5 Å². The molecule has 1 aliphatic carbocycles. The van der Waals surface area contributed by atoms with Gasteiger partial charge in [-0.15, -0.1) is 11.3 Å². The fourth-order valence-corrected chi connectivity index (χ4v) is 5.85. The Labute approximate surface area is 187 Å². The van der Waals surface area contributed by atoms with Gasteiger partial charge in [0.25, 0.3) is 10.9 Å². The van der Waals surface area contributed by atoms with Gasteiger partial charge in [0.15, 0.2) is 0 Å². The second kappa shape index (κ2) is 9.98. The minimum absolute atomic E-state index is 0.0697. The zero-order valence-electron chi connectivity index (χ0n) is 18.3. The van der Waals surface area contributed by atoms with E-state index in [2.05, 4.69) is 33.9 Å². The maximum Gasteiger partial charge on any atom is 0.253 e. The number of rotatable bonds is 8. The SMILES string of the molecule is CC[C@H](NC(=O)C1CCC(CNc2c(N3CCCCC3)c(=O)c2=O)CC1)c1cccs1. The number of carbonyl (C=O) groups is 1. The molecule has 2 aromatic rings. The second-order valence-corrected chi connectivity index (χ2v) is 9.99. The van der Waals surface area contributed by atoms with E-state index in [0.29, 0.717) is 23.8 Å². The molecule has 0 radical (unpaired) electrons. The Bertz CT molecular complexity index is 934. The maximum absolute atomic E-state index is 12.8. The normalized spacial score (nSPS) is 22.9. The number of nitrogens with zero attached hydrogens (tertiary/aromatic N) is 1. The van der Waals surface area contributed by atoms with Gasteiger partial charge in [-0.25, -0.2) is 0 Å². The van der Waals surface area contributed by atoms with Crippen LogP contribution in [0.4, 0.5) is 11.4 Å². The zero-order chi connectivity index (χ0) is 21.8. The van der Waals surface area contributed by atoms with Gasteiger partial charge in [-0.1, -0.05) is 13.0 Å². The summed E-state index contributed by atoms with van der Waals surface area (Å²) < 4.78 is 0. The molecule has 2 aliphatic rings. The van der Waals surface area contributed by atoms with Gasteiger partial charge in [0.2, 0.25) is 5.91 Å². The molecule has 1 aromatic heterocycles. The molecule has 168 valence electrons. The smallest absolute Gasteiger partial charge is 0.253 e. The van der Waals surface area contributed by atoms with Gasteiger partial charge in [-0.3, -0.25) is 14.4 Å². The molecule has 0 unspecified atom stereocenters. The van der Waals surface area contributed by atoms with Crippen LogP contribution < -0.4 is 26.4 Å². The molecule has 2 N–H and O–H groups in total. The van der Waals surface area contributed by atoms with E-state index in [9.17, 15) is 14.4 Å². The second-order valence-electron chi connectivity index (χ2n) is 9.01. The largest absolute Gasteiger partial charge is 0.380 e. The lowest BCUT2D eigenvalue weighted by atomic mass is 9.81. The van der Waals surface area contributed by atoms with E-state index in [4.69, 9.17) is 0 Å². The van der Waals surface area contributed by atoms with Crippen molar-refractivity contribution < 1.29 is 4.79 Å². The van der Waals surface area contributed by atoms with Crippen LogP contribution in [0.1, 0.15) is 69.2 Å². The van der Waals surface area contributed by atoms with E-state index >= 15 is 0 Å². The van der Waals surface area contributed by atoms with Crippen LogP contribution in [0.15, 0.2) is 27.1 Å². The third-order valence-electron chi connectivity index (χ3n) is 6.95. The Kier molecular flexibility index (Phi) is 7.10. The average Bonchev–Trinajstić information content (AvgIpc) is 3.35. The molecule has 1 atom stereocenters. The summed E-state index contributed by atoms with van der Waals surface area (Å²) in [6, 6.07) is 4.22. The van der Waals surface area contributed by atoms with Gasteiger partial charge in [0.1, 0.15) is 11.4 Å². The molecule has 2 heterocycles. The van der Waals surface area contributed by atoms with E-state index in [-0.39, 0.29) is 28.7 Å². The molecule has 4 rings (SSSR count). The molecule has 1 saturated carbocycles. The Balaban J connectivity index is 1.26. The summed E-state index contributed by atoms with van der Waals surface area (Å²) in [6.45, 7) is 4.54. The van der Waals surface area contributed by atoms with Gasteiger partial charge >= 0.3 is 0 Å². The van der Waals surface area contributed by atoms with Crippen LogP contribution in [0.25, 0.3) is 0 Å². The number of carbonyl (C=O) groups excluding carboxylic acids is 1. The van der Waals surface area contributed by atoms with Crippen LogP contribution in [0.3, 0.4) is 0 Å². The summed E-state index contributed by atoms with van der Waals surface area (Å²) >= 11 is 1.69.